The predicted molar refractivity (Wildman–Crippen MR) is 86.4 cm³/mol. The number of aliphatic hydroxyl groups is 1. The summed E-state index contributed by atoms with van der Waals surface area (Å²) in [6.07, 6.45) is 2.33. The summed E-state index contributed by atoms with van der Waals surface area (Å²) in [5.41, 5.74) is 0.595. The molecular formula is C19H24O2. The van der Waals surface area contributed by atoms with Gasteiger partial charge in [-0.15, -0.1) is 0 Å². The number of ether oxygens (including phenoxy) is 1. The van der Waals surface area contributed by atoms with Gasteiger partial charge in [0.15, 0.2) is 0 Å². The van der Waals surface area contributed by atoms with E-state index in [0.29, 0.717) is 18.9 Å². The van der Waals surface area contributed by atoms with Crippen molar-refractivity contribution in [1.82, 2.24) is 0 Å². The van der Waals surface area contributed by atoms with Crippen molar-refractivity contribution in [2.24, 2.45) is 5.92 Å². The lowest BCUT2D eigenvalue weighted by atomic mass is 9.81. The van der Waals surface area contributed by atoms with Crippen molar-refractivity contribution in [2.45, 2.75) is 44.8 Å². The van der Waals surface area contributed by atoms with Gasteiger partial charge in [-0.25, -0.2) is 0 Å². The molecular weight excluding hydrogens is 260 g/mol. The first kappa shape index (κ1) is 14.6. The Kier molecular flexibility index (Phi) is 4.01. The topological polar surface area (TPSA) is 29.5 Å². The first-order valence-corrected chi connectivity index (χ1v) is 7.88. The standard InChI is InChI=1S/C19H24O2/c1-14(2)18-13-19(20,10-11-21-18)12-16-8-5-7-15-6-3-4-9-17(15)16/h3-9,14,18,20H,10-13H2,1-2H3. The smallest absolute Gasteiger partial charge is 0.0734 e. The molecule has 1 aliphatic heterocycles. The maximum absolute atomic E-state index is 11.0. The minimum Gasteiger partial charge on any atom is -0.389 e. The highest BCUT2D eigenvalue weighted by molar-refractivity contribution is 5.85. The molecule has 112 valence electrons. The summed E-state index contributed by atoms with van der Waals surface area (Å²) >= 11 is 0. The van der Waals surface area contributed by atoms with Crippen LogP contribution in [0.4, 0.5) is 0 Å². The zero-order valence-corrected chi connectivity index (χ0v) is 12.9. The van der Waals surface area contributed by atoms with Gasteiger partial charge in [-0.05, 0) is 28.7 Å². The Labute approximate surface area is 126 Å². The van der Waals surface area contributed by atoms with Crippen LogP contribution < -0.4 is 0 Å². The monoisotopic (exact) mass is 284 g/mol. The second kappa shape index (κ2) is 5.78. The zero-order valence-electron chi connectivity index (χ0n) is 12.9. The molecule has 1 aliphatic rings. The second-order valence-electron chi connectivity index (χ2n) is 6.65. The second-order valence-corrected chi connectivity index (χ2v) is 6.65. The molecule has 2 nitrogen and oxygen atoms in total. The summed E-state index contributed by atoms with van der Waals surface area (Å²) in [6.45, 7) is 4.98. The molecule has 1 heterocycles. The van der Waals surface area contributed by atoms with Crippen molar-refractivity contribution in [3.63, 3.8) is 0 Å². The number of fused-ring (bicyclic) bond motifs is 1. The third kappa shape index (κ3) is 3.12. The summed E-state index contributed by atoms with van der Waals surface area (Å²) in [5.74, 6) is 0.448. The Morgan fingerprint density at radius 2 is 1.95 bits per heavy atom. The molecule has 2 aromatic rings. The third-order valence-electron chi connectivity index (χ3n) is 4.62. The van der Waals surface area contributed by atoms with E-state index >= 15 is 0 Å². The molecule has 21 heavy (non-hydrogen) atoms. The highest BCUT2D eigenvalue weighted by Gasteiger charge is 2.36. The van der Waals surface area contributed by atoms with Gasteiger partial charge in [0, 0.05) is 19.4 Å². The minimum absolute atomic E-state index is 0.165. The van der Waals surface area contributed by atoms with Crippen LogP contribution >= 0.6 is 0 Å². The Balaban J connectivity index is 1.87. The number of benzene rings is 2. The lowest BCUT2D eigenvalue weighted by molar-refractivity contribution is -0.116. The molecule has 1 fully saturated rings. The van der Waals surface area contributed by atoms with Crippen LogP contribution in [0.2, 0.25) is 0 Å². The molecule has 0 radical (unpaired) electrons. The largest absolute Gasteiger partial charge is 0.389 e. The molecule has 0 spiro atoms. The number of hydrogen-bond acceptors (Lipinski definition) is 2. The van der Waals surface area contributed by atoms with Gasteiger partial charge in [0.05, 0.1) is 11.7 Å². The summed E-state index contributed by atoms with van der Waals surface area (Å²) in [6, 6.07) is 14.8. The Morgan fingerprint density at radius 1 is 1.19 bits per heavy atom. The molecule has 2 unspecified atom stereocenters. The highest BCUT2D eigenvalue weighted by atomic mass is 16.5. The van der Waals surface area contributed by atoms with Crippen molar-refractivity contribution in [3.8, 4) is 0 Å². The van der Waals surface area contributed by atoms with Crippen LogP contribution in [0.25, 0.3) is 10.8 Å². The molecule has 2 heteroatoms. The normalized spacial score (nSPS) is 26.4. The molecule has 3 rings (SSSR count). The maximum Gasteiger partial charge on any atom is 0.0734 e. The van der Waals surface area contributed by atoms with E-state index in [1.807, 2.05) is 0 Å². The van der Waals surface area contributed by atoms with Gasteiger partial charge in [-0.1, -0.05) is 56.3 Å². The van der Waals surface area contributed by atoms with E-state index in [4.69, 9.17) is 4.74 Å². The van der Waals surface area contributed by atoms with E-state index < -0.39 is 5.60 Å². The summed E-state index contributed by atoms with van der Waals surface area (Å²) in [7, 11) is 0. The number of rotatable bonds is 3. The highest BCUT2D eigenvalue weighted by Crippen LogP contribution is 2.33. The average Bonchev–Trinajstić information content (AvgIpc) is 2.47. The number of hydrogen-bond donors (Lipinski definition) is 1. The average molecular weight is 284 g/mol. The van der Waals surface area contributed by atoms with Crippen molar-refractivity contribution in [3.05, 3.63) is 48.0 Å². The molecule has 0 bridgehead atoms. The van der Waals surface area contributed by atoms with Gasteiger partial charge < -0.3 is 9.84 Å². The van der Waals surface area contributed by atoms with E-state index in [2.05, 4.69) is 56.3 Å². The first-order chi connectivity index (χ1) is 10.1. The third-order valence-corrected chi connectivity index (χ3v) is 4.62. The van der Waals surface area contributed by atoms with E-state index in [1.165, 1.54) is 16.3 Å². The Hall–Kier alpha value is -1.38. The summed E-state index contributed by atoms with van der Waals surface area (Å²) < 4.78 is 5.80. The van der Waals surface area contributed by atoms with Gasteiger partial charge in [0.2, 0.25) is 0 Å². The molecule has 1 saturated heterocycles. The minimum atomic E-state index is -0.642. The van der Waals surface area contributed by atoms with Crippen LogP contribution in [0.3, 0.4) is 0 Å². The van der Waals surface area contributed by atoms with Gasteiger partial charge in [-0.3, -0.25) is 0 Å². The van der Waals surface area contributed by atoms with Crippen LogP contribution in [-0.4, -0.2) is 23.4 Å². The Bertz CT molecular complexity index is 614. The van der Waals surface area contributed by atoms with Crippen molar-refractivity contribution in [1.29, 1.82) is 0 Å². The quantitative estimate of drug-likeness (QED) is 0.924. The molecule has 0 aromatic heterocycles. The molecule has 0 saturated carbocycles. The maximum atomic E-state index is 11.0. The van der Waals surface area contributed by atoms with Crippen LogP contribution in [0.1, 0.15) is 32.3 Å². The van der Waals surface area contributed by atoms with E-state index in [0.717, 1.165) is 12.8 Å². The van der Waals surface area contributed by atoms with Gasteiger partial charge >= 0.3 is 0 Å². The molecule has 2 aromatic carbocycles. The van der Waals surface area contributed by atoms with Gasteiger partial charge in [0.25, 0.3) is 0 Å². The summed E-state index contributed by atoms with van der Waals surface area (Å²) in [5, 5.41) is 13.5. The molecule has 1 N–H and O–H groups in total. The fraction of sp³-hybridized carbons (Fsp3) is 0.474. The molecule has 2 atom stereocenters. The van der Waals surface area contributed by atoms with Crippen LogP contribution in [0, 0.1) is 5.92 Å². The van der Waals surface area contributed by atoms with E-state index in [1.54, 1.807) is 0 Å². The lowest BCUT2D eigenvalue weighted by Crippen LogP contribution is -2.44. The first-order valence-electron chi connectivity index (χ1n) is 7.88. The van der Waals surface area contributed by atoms with Crippen molar-refractivity contribution < 1.29 is 9.84 Å². The van der Waals surface area contributed by atoms with Gasteiger partial charge in [-0.2, -0.15) is 0 Å². The molecule has 0 amide bonds. The van der Waals surface area contributed by atoms with Crippen LogP contribution in [0.5, 0.6) is 0 Å². The van der Waals surface area contributed by atoms with E-state index in [-0.39, 0.29) is 6.10 Å². The van der Waals surface area contributed by atoms with E-state index in [9.17, 15) is 5.11 Å². The van der Waals surface area contributed by atoms with Crippen molar-refractivity contribution in [2.75, 3.05) is 6.61 Å². The predicted octanol–water partition coefficient (Wildman–Crippen LogP) is 3.95. The summed E-state index contributed by atoms with van der Waals surface area (Å²) in [4.78, 5) is 0. The van der Waals surface area contributed by atoms with Crippen LogP contribution in [0.15, 0.2) is 42.5 Å². The fourth-order valence-electron chi connectivity index (χ4n) is 3.33. The van der Waals surface area contributed by atoms with Crippen LogP contribution in [-0.2, 0) is 11.2 Å². The SMILES string of the molecule is CC(C)C1CC(O)(Cc2cccc3ccccc23)CCO1. The fourth-order valence-corrected chi connectivity index (χ4v) is 3.33. The van der Waals surface area contributed by atoms with Gasteiger partial charge in [0.1, 0.15) is 0 Å². The lowest BCUT2D eigenvalue weighted by Gasteiger charge is -2.39. The zero-order chi connectivity index (χ0) is 14.9. The molecule has 0 aliphatic carbocycles. The Morgan fingerprint density at radius 3 is 2.76 bits per heavy atom. The van der Waals surface area contributed by atoms with Crippen molar-refractivity contribution >= 4 is 10.8 Å².